The SMILES string of the molecule is CCCCCNC1(C)CCCCC1. The second-order valence-electron chi connectivity index (χ2n) is 4.76. The summed E-state index contributed by atoms with van der Waals surface area (Å²) >= 11 is 0. The maximum atomic E-state index is 3.73. The minimum Gasteiger partial charge on any atom is -0.312 e. The van der Waals surface area contributed by atoms with Crippen LogP contribution in [0.2, 0.25) is 0 Å². The number of hydrogen-bond donors (Lipinski definition) is 1. The lowest BCUT2D eigenvalue weighted by Gasteiger charge is -2.34. The molecule has 1 aliphatic rings. The van der Waals surface area contributed by atoms with Crippen molar-refractivity contribution in [3.8, 4) is 0 Å². The molecule has 0 heterocycles. The topological polar surface area (TPSA) is 12.0 Å². The third-order valence-electron chi connectivity index (χ3n) is 3.29. The summed E-state index contributed by atoms with van der Waals surface area (Å²) in [5, 5.41) is 3.73. The van der Waals surface area contributed by atoms with Crippen LogP contribution >= 0.6 is 0 Å². The molecule has 1 N–H and O–H groups in total. The monoisotopic (exact) mass is 183 g/mol. The van der Waals surface area contributed by atoms with Crippen LogP contribution in [0.3, 0.4) is 0 Å². The average Bonchev–Trinajstić information content (AvgIpc) is 2.14. The fourth-order valence-electron chi connectivity index (χ4n) is 2.27. The lowest BCUT2D eigenvalue weighted by Crippen LogP contribution is -2.44. The molecule has 0 spiro atoms. The Hall–Kier alpha value is -0.0400. The summed E-state index contributed by atoms with van der Waals surface area (Å²) in [6, 6.07) is 0. The van der Waals surface area contributed by atoms with Gasteiger partial charge in [-0.1, -0.05) is 39.0 Å². The van der Waals surface area contributed by atoms with E-state index in [1.807, 2.05) is 0 Å². The van der Waals surface area contributed by atoms with Gasteiger partial charge in [-0.05, 0) is 32.7 Å². The Morgan fingerprint density at radius 3 is 2.38 bits per heavy atom. The van der Waals surface area contributed by atoms with E-state index < -0.39 is 0 Å². The smallest absolute Gasteiger partial charge is 0.0153 e. The van der Waals surface area contributed by atoms with Gasteiger partial charge in [-0.2, -0.15) is 0 Å². The molecule has 78 valence electrons. The molecule has 0 aromatic rings. The van der Waals surface area contributed by atoms with Crippen LogP contribution in [0.5, 0.6) is 0 Å². The Morgan fingerprint density at radius 1 is 1.08 bits per heavy atom. The van der Waals surface area contributed by atoms with Crippen LogP contribution in [-0.4, -0.2) is 12.1 Å². The summed E-state index contributed by atoms with van der Waals surface area (Å²) in [5.74, 6) is 0. The van der Waals surface area contributed by atoms with Crippen LogP contribution in [0, 0.1) is 0 Å². The van der Waals surface area contributed by atoms with Crippen LogP contribution in [0.25, 0.3) is 0 Å². The van der Waals surface area contributed by atoms with Gasteiger partial charge in [0.05, 0.1) is 0 Å². The molecule has 1 aliphatic carbocycles. The van der Waals surface area contributed by atoms with Gasteiger partial charge < -0.3 is 5.32 Å². The molecular weight excluding hydrogens is 158 g/mol. The molecule has 1 rings (SSSR count). The van der Waals surface area contributed by atoms with Gasteiger partial charge in [-0.3, -0.25) is 0 Å². The van der Waals surface area contributed by atoms with Crippen molar-refractivity contribution < 1.29 is 0 Å². The van der Waals surface area contributed by atoms with Crippen LogP contribution in [-0.2, 0) is 0 Å². The first-order valence-corrected chi connectivity index (χ1v) is 6.02. The van der Waals surface area contributed by atoms with Crippen LogP contribution in [0.4, 0.5) is 0 Å². The highest BCUT2D eigenvalue weighted by atomic mass is 15.0. The Labute approximate surface area is 83.3 Å². The Balaban J connectivity index is 2.10. The Morgan fingerprint density at radius 2 is 1.77 bits per heavy atom. The van der Waals surface area contributed by atoms with Crippen molar-refractivity contribution in [1.82, 2.24) is 5.32 Å². The molecule has 1 fully saturated rings. The first kappa shape index (κ1) is 11.0. The fourth-order valence-corrected chi connectivity index (χ4v) is 2.27. The summed E-state index contributed by atoms with van der Waals surface area (Å²) in [5.41, 5.74) is 0.478. The largest absolute Gasteiger partial charge is 0.312 e. The second kappa shape index (κ2) is 5.64. The van der Waals surface area contributed by atoms with Crippen molar-refractivity contribution in [2.45, 2.75) is 70.8 Å². The maximum absolute atomic E-state index is 3.73. The minimum atomic E-state index is 0.478. The zero-order chi connectivity index (χ0) is 9.57. The highest BCUT2D eigenvalue weighted by Gasteiger charge is 2.25. The van der Waals surface area contributed by atoms with Crippen molar-refractivity contribution >= 4 is 0 Å². The van der Waals surface area contributed by atoms with E-state index in [9.17, 15) is 0 Å². The van der Waals surface area contributed by atoms with Crippen molar-refractivity contribution in [2.24, 2.45) is 0 Å². The highest BCUT2D eigenvalue weighted by molar-refractivity contribution is 4.85. The summed E-state index contributed by atoms with van der Waals surface area (Å²) in [4.78, 5) is 0. The molecule has 0 amide bonds. The predicted octanol–water partition coefficient (Wildman–Crippen LogP) is 3.49. The first-order chi connectivity index (χ1) is 6.27. The average molecular weight is 183 g/mol. The van der Waals surface area contributed by atoms with Crippen LogP contribution < -0.4 is 5.32 Å². The van der Waals surface area contributed by atoms with E-state index in [-0.39, 0.29) is 0 Å². The molecule has 1 nitrogen and oxygen atoms in total. The number of nitrogens with one attached hydrogen (secondary N) is 1. The summed E-state index contributed by atoms with van der Waals surface area (Å²) < 4.78 is 0. The van der Waals surface area contributed by atoms with Gasteiger partial charge in [0.15, 0.2) is 0 Å². The molecule has 0 aromatic carbocycles. The standard InChI is InChI=1S/C12H25N/c1-3-4-8-11-13-12(2)9-6-5-7-10-12/h13H,3-11H2,1-2H3. The van der Waals surface area contributed by atoms with Gasteiger partial charge in [0.1, 0.15) is 0 Å². The molecule has 0 bridgehead atoms. The van der Waals surface area contributed by atoms with E-state index in [4.69, 9.17) is 0 Å². The van der Waals surface area contributed by atoms with Gasteiger partial charge in [0.25, 0.3) is 0 Å². The quantitative estimate of drug-likeness (QED) is 0.643. The molecule has 0 radical (unpaired) electrons. The van der Waals surface area contributed by atoms with E-state index in [0.717, 1.165) is 0 Å². The Kier molecular flexibility index (Phi) is 4.79. The molecule has 13 heavy (non-hydrogen) atoms. The summed E-state index contributed by atoms with van der Waals surface area (Å²) in [6.07, 6.45) is 11.1. The third-order valence-corrected chi connectivity index (χ3v) is 3.29. The van der Waals surface area contributed by atoms with Gasteiger partial charge in [-0.25, -0.2) is 0 Å². The normalized spacial score (nSPS) is 21.7. The second-order valence-corrected chi connectivity index (χ2v) is 4.76. The van der Waals surface area contributed by atoms with Gasteiger partial charge >= 0.3 is 0 Å². The molecule has 1 saturated carbocycles. The van der Waals surface area contributed by atoms with Crippen molar-refractivity contribution in [1.29, 1.82) is 0 Å². The van der Waals surface area contributed by atoms with E-state index in [0.29, 0.717) is 5.54 Å². The van der Waals surface area contributed by atoms with Gasteiger partial charge in [-0.15, -0.1) is 0 Å². The van der Waals surface area contributed by atoms with Gasteiger partial charge in [0.2, 0.25) is 0 Å². The van der Waals surface area contributed by atoms with Crippen LogP contribution in [0.15, 0.2) is 0 Å². The first-order valence-electron chi connectivity index (χ1n) is 6.02. The minimum absolute atomic E-state index is 0.478. The van der Waals surface area contributed by atoms with Crippen molar-refractivity contribution in [3.05, 3.63) is 0 Å². The van der Waals surface area contributed by atoms with Crippen molar-refractivity contribution in [2.75, 3.05) is 6.54 Å². The molecule has 1 heteroatoms. The zero-order valence-corrected chi connectivity index (χ0v) is 9.36. The van der Waals surface area contributed by atoms with Crippen LogP contribution in [0.1, 0.15) is 65.2 Å². The van der Waals surface area contributed by atoms with E-state index >= 15 is 0 Å². The maximum Gasteiger partial charge on any atom is 0.0153 e. The molecule has 0 saturated heterocycles. The summed E-state index contributed by atoms with van der Waals surface area (Å²) in [6.45, 7) is 5.89. The van der Waals surface area contributed by atoms with E-state index in [1.165, 1.54) is 57.9 Å². The number of hydrogen-bond acceptors (Lipinski definition) is 1. The van der Waals surface area contributed by atoms with E-state index in [2.05, 4.69) is 19.2 Å². The molecular formula is C12H25N. The number of unbranched alkanes of at least 4 members (excludes halogenated alkanes) is 2. The summed E-state index contributed by atoms with van der Waals surface area (Å²) in [7, 11) is 0. The lowest BCUT2D eigenvalue weighted by molar-refractivity contribution is 0.253. The fraction of sp³-hybridized carbons (Fsp3) is 1.00. The highest BCUT2D eigenvalue weighted by Crippen LogP contribution is 2.27. The van der Waals surface area contributed by atoms with Gasteiger partial charge in [0, 0.05) is 5.54 Å². The zero-order valence-electron chi connectivity index (χ0n) is 9.36. The molecule has 0 aromatic heterocycles. The third kappa shape index (κ3) is 4.12. The molecule has 0 unspecified atom stereocenters. The number of rotatable bonds is 5. The van der Waals surface area contributed by atoms with E-state index in [1.54, 1.807) is 0 Å². The Bertz CT molecular complexity index is 125. The predicted molar refractivity (Wildman–Crippen MR) is 59.0 cm³/mol. The lowest BCUT2D eigenvalue weighted by atomic mass is 9.83. The molecule has 0 aliphatic heterocycles. The molecule has 0 atom stereocenters. The van der Waals surface area contributed by atoms with Crippen molar-refractivity contribution in [3.63, 3.8) is 0 Å².